The van der Waals surface area contributed by atoms with E-state index in [2.05, 4.69) is 6.92 Å². The first-order valence-electron chi connectivity index (χ1n) is 11.6. The number of benzene rings is 1. The summed E-state index contributed by atoms with van der Waals surface area (Å²) < 4.78 is 11.2. The third-order valence-corrected chi connectivity index (χ3v) is 8.53. The Morgan fingerprint density at radius 1 is 1.09 bits per heavy atom. The molecule has 9 nitrogen and oxygen atoms in total. The van der Waals surface area contributed by atoms with Gasteiger partial charge in [0.25, 0.3) is 0 Å². The smallest absolute Gasteiger partial charge is 0.335 e. The Hall–Kier alpha value is -2.20. The van der Waals surface area contributed by atoms with Gasteiger partial charge in [0.2, 0.25) is 6.29 Å². The molecule has 5 N–H and O–H groups in total. The Kier molecular flexibility index (Phi) is 5.43. The molecule has 0 amide bonds. The van der Waals surface area contributed by atoms with Crippen LogP contribution in [0.25, 0.3) is 0 Å². The van der Waals surface area contributed by atoms with Crippen molar-refractivity contribution in [1.29, 1.82) is 0 Å². The summed E-state index contributed by atoms with van der Waals surface area (Å²) in [7, 11) is 0. The zero-order valence-electron chi connectivity index (χ0n) is 18.4. The molecule has 3 fully saturated rings. The fraction of sp³-hybridized carbons (Fsp3) is 0.667. The fourth-order valence-corrected chi connectivity index (χ4v) is 6.81. The van der Waals surface area contributed by atoms with Gasteiger partial charge in [0.05, 0.1) is 0 Å². The number of hydrogen-bond acceptors (Lipinski definition) is 8. The maximum Gasteiger partial charge on any atom is 0.335 e. The number of carbonyl (C=O) groups excluding carboxylic acids is 1. The van der Waals surface area contributed by atoms with Gasteiger partial charge in [-0.2, -0.15) is 0 Å². The minimum absolute atomic E-state index is 0.0282. The predicted molar refractivity (Wildman–Crippen MR) is 113 cm³/mol. The molecule has 0 radical (unpaired) electrons. The topological polar surface area (TPSA) is 154 Å². The van der Waals surface area contributed by atoms with Gasteiger partial charge in [0.1, 0.15) is 35.6 Å². The number of aryl methyl sites for hydroxylation is 1. The second-order valence-corrected chi connectivity index (χ2v) is 10.2. The molecule has 1 aliphatic heterocycles. The number of carboxylic acid groups (broad SMARTS) is 1. The van der Waals surface area contributed by atoms with Gasteiger partial charge in [-0.25, -0.2) is 4.79 Å². The van der Waals surface area contributed by atoms with Crippen molar-refractivity contribution in [1.82, 2.24) is 0 Å². The maximum absolute atomic E-state index is 12.6. The van der Waals surface area contributed by atoms with Crippen LogP contribution in [0.1, 0.15) is 56.1 Å². The Balaban J connectivity index is 1.48. The van der Waals surface area contributed by atoms with E-state index in [0.717, 1.165) is 36.8 Å². The fourth-order valence-electron chi connectivity index (χ4n) is 6.81. The number of carboxylic acids is 1. The Morgan fingerprint density at radius 3 is 2.58 bits per heavy atom. The minimum Gasteiger partial charge on any atom is -0.508 e. The first kappa shape index (κ1) is 22.6. The highest BCUT2D eigenvalue weighted by atomic mass is 16.7. The molecule has 1 saturated heterocycles. The van der Waals surface area contributed by atoms with E-state index < -0.39 is 36.7 Å². The number of carbonyl (C=O) groups is 2. The van der Waals surface area contributed by atoms with Crippen molar-refractivity contribution in [2.24, 2.45) is 17.3 Å². The van der Waals surface area contributed by atoms with E-state index in [1.165, 1.54) is 6.07 Å². The van der Waals surface area contributed by atoms with Crippen molar-refractivity contribution >= 4 is 11.8 Å². The minimum atomic E-state index is -1.81. The van der Waals surface area contributed by atoms with E-state index in [4.69, 9.17) is 9.47 Å². The number of rotatable bonds is 3. The molecule has 2 saturated carbocycles. The summed E-state index contributed by atoms with van der Waals surface area (Å²) in [6.07, 6.45) is -3.94. The molecule has 9 atom stereocenters. The van der Waals surface area contributed by atoms with Gasteiger partial charge in [-0.1, -0.05) is 6.92 Å². The van der Waals surface area contributed by atoms with Crippen LogP contribution in [0.15, 0.2) is 12.1 Å². The summed E-state index contributed by atoms with van der Waals surface area (Å²) in [5, 5.41) is 50.1. The molecule has 0 bridgehead atoms. The summed E-state index contributed by atoms with van der Waals surface area (Å²) in [6, 6.07) is 3.11. The number of aliphatic carboxylic acids is 1. The number of ether oxygens (including phenoxy) is 2. The molecule has 1 heterocycles. The molecule has 1 aromatic rings. The van der Waals surface area contributed by atoms with Crippen molar-refractivity contribution in [3.05, 3.63) is 23.3 Å². The van der Waals surface area contributed by atoms with Crippen LogP contribution >= 0.6 is 0 Å². The molecule has 5 rings (SSSR count). The number of fused-ring (bicyclic) bond motifs is 5. The zero-order valence-corrected chi connectivity index (χ0v) is 18.4. The molecule has 33 heavy (non-hydrogen) atoms. The molecule has 1 aromatic carbocycles. The number of ketones is 1. The molecule has 9 heteroatoms. The van der Waals surface area contributed by atoms with Crippen molar-refractivity contribution in [3.8, 4) is 11.5 Å². The van der Waals surface area contributed by atoms with E-state index >= 15 is 0 Å². The second-order valence-electron chi connectivity index (χ2n) is 10.2. The third-order valence-electron chi connectivity index (χ3n) is 8.53. The zero-order chi connectivity index (χ0) is 23.7. The normalized spacial score (nSPS) is 42.2. The second kappa shape index (κ2) is 7.94. The molecule has 1 unspecified atom stereocenters. The van der Waals surface area contributed by atoms with Crippen LogP contribution in [0.2, 0.25) is 0 Å². The van der Waals surface area contributed by atoms with Gasteiger partial charge >= 0.3 is 5.97 Å². The summed E-state index contributed by atoms with van der Waals surface area (Å²) in [6.45, 7) is 2.08. The van der Waals surface area contributed by atoms with Crippen molar-refractivity contribution in [2.75, 3.05) is 0 Å². The van der Waals surface area contributed by atoms with Crippen LogP contribution in [0.5, 0.6) is 11.5 Å². The van der Waals surface area contributed by atoms with Crippen LogP contribution in [0.4, 0.5) is 0 Å². The van der Waals surface area contributed by atoms with Gasteiger partial charge in [0.15, 0.2) is 6.10 Å². The highest BCUT2D eigenvalue weighted by molar-refractivity contribution is 5.87. The number of Topliss-reactive ketones (excluding diaryl/α,β-unsaturated/α-hetero) is 1. The summed E-state index contributed by atoms with van der Waals surface area (Å²) >= 11 is 0. The summed E-state index contributed by atoms with van der Waals surface area (Å²) in [5.41, 5.74) is 1.50. The molecular formula is C24H30O9. The van der Waals surface area contributed by atoms with Gasteiger partial charge < -0.3 is 35.0 Å². The predicted octanol–water partition coefficient (Wildman–Crippen LogP) is 1.09. The standard InChI is InChI=1S/C24H30O9/c1-24-7-6-13-12(14(24)4-5-16(24)26)3-2-10-8-11(25)9-15(17(10)13)32-23-20(29)18(27)19(28)21(33-23)22(30)31/h8-9,12-14,18-21,23,25,27-29H,2-7H2,1H3,(H,30,31)/t12-,13+,14+,18+,19+,20-,21+,23?,24+/m1/s1. The molecule has 0 aromatic heterocycles. The van der Waals surface area contributed by atoms with Gasteiger partial charge in [0, 0.05) is 23.5 Å². The molecule has 180 valence electrons. The Morgan fingerprint density at radius 2 is 1.85 bits per heavy atom. The number of hydrogen-bond donors (Lipinski definition) is 5. The molecule has 3 aliphatic carbocycles. The van der Waals surface area contributed by atoms with E-state index in [0.29, 0.717) is 18.6 Å². The lowest BCUT2D eigenvalue weighted by Crippen LogP contribution is -2.61. The van der Waals surface area contributed by atoms with Crippen molar-refractivity contribution < 1.29 is 44.6 Å². The van der Waals surface area contributed by atoms with E-state index in [9.17, 15) is 35.1 Å². The average Bonchev–Trinajstić information content (AvgIpc) is 3.08. The van der Waals surface area contributed by atoms with Crippen LogP contribution in [0.3, 0.4) is 0 Å². The van der Waals surface area contributed by atoms with Crippen LogP contribution in [0, 0.1) is 17.3 Å². The van der Waals surface area contributed by atoms with Gasteiger partial charge in [-0.05, 0) is 61.5 Å². The number of phenolic OH excluding ortho intramolecular Hbond substituents is 1. The number of aliphatic hydroxyl groups is 3. The SMILES string of the molecule is C[C@]12CC[C@@H]3c4c(cc(O)cc4OC4O[C@H](C(=O)O)[C@@H](O)[C@H](O)[C@H]4O)CC[C@H]3[C@@H]1CCC2=O. The lowest BCUT2D eigenvalue weighted by atomic mass is 9.55. The first-order valence-corrected chi connectivity index (χ1v) is 11.6. The average molecular weight is 462 g/mol. The van der Waals surface area contributed by atoms with Crippen molar-refractivity contribution in [2.45, 2.75) is 82.1 Å². The van der Waals surface area contributed by atoms with Crippen LogP contribution < -0.4 is 4.74 Å². The highest BCUT2D eigenvalue weighted by Gasteiger charge is 2.55. The van der Waals surface area contributed by atoms with Crippen molar-refractivity contribution in [3.63, 3.8) is 0 Å². The van der Waals surface area contributed by atoms with E-state index in [1.807, 2.05) is 0 Å². The van der Waals surface area contributed by atoms with Crippen LogP contribution in [-0.4, -0.2) is 68.0 Å². The lowest BCUT2D eigenvalue weighted by molar-refractivity contribution is -0.271. The molecule has 0 spiro atoms. The van der Waals surface area contributed by atoms with E-state index in [1.54, 1.807) is 6.07 Å². The summed E-state index contributed by atoms with van der Waals surface area (Å²) in [5.74, 6) is -0.249. The van der Waals surface area contributed by atoms with Gasteiger partial charge in [-0.15, -0.1) is 0 Å². The largest absolute Gasteiger partial charge is 0.508 e. The highest BCUT2D eigenvalue weighted by Crippen LogP contribution is 2.61. The Labute approximate surface area is 190 Å². The Bertz CT molecular complexity index is 977. The van der Waals surface area contributed by atoms with E-state index in [-0.39, 0.29) is 34.7 Å². The maximum atomic E-state index is 12.6. The van der Waals surface area contributed by atoms with Crippen LogP contribution in [-0.2, 0) is 20.7 Å². The lowest BCUT2D eigenvalue weighted by Gasteiger charge is -2.48. The monoisotopic (exact) mass is 462 g/mol. The number of phenols is 1. The first-order chi connectivity index (χ1) is 15.6. The third kappa shape index (κ3) is 3.44. The summed E-state index contributed by atoms with van der Waals surface area (Å²) in [4.78, 5) is 24.1. The molecule has 4 aliphatic rings. The number of aromatic hydroxyl groups is 1. The molecular weight excluding hydrogens is 432 g/mol. The quantitative estimate of drug-likeness (QED) is 0.444. The number of aliphatic hydroxyl groups excluding tert-OH is 3. The van der Waals surface area contributed by atoms with Gasteiger partial charge in [-0.3, -0.25) is 4.79 Å².